The third-order valence-corrected chi connectivity index (χ3v) is 3.72. The number of hydrogen-bond acceptors (Lipinski definition) is 4. The lowest BCUT2D eigenvalue weighted by Crippen LogP contribution is -1.98. The van der Waals surface area contributed by atoms with Crippen molar-refractivity contribution in [2.45, 2.75) is 17.4 Å². The van der Waals surface area contributed by atoms with E-state index in [4.69, 9.17) is 27.9 Å². The van der Waals surface area contributed by atoms with Crippen LogP contribution in [0.3, 0.4) is 0 Å². The Morgan fingerprint density at radius 2 is 1.89 bits per heavy atom. The van der Waals surface area contributed by atoms with Gasteiger partial charge in [-0.1, -0.05) is 35.3 Å². The average molecular weight is 315 g/mol. The smallest absolute Gasteiger partial charge is 0.156 e. The second-order valence-electron chi connectivity index (χ2n) is 3.79. The summed E-state index contributed by atoms with van der Waals surface area (Å²) in [6.07, 6.45) is 0. The molecule has 2 rings (SSSR count). The Bertz CT molecular complexity index is 549. The molecule has 0 amide bonds. The largest absolute Gasteiger partial charge is 0.377 e. The normalized spacial score (nSPS) is 10.7. The van der Waals surface area contributed by atoms with E-state index >= 15 is 0 Å². The summed E-state index contributed by atoms with van der Waals surface area (Å²) in [5, 5.41) is 2.00. The van der Waals surface area contributed by atoms with Crippen LogP contribution in [0.2, 0.25) is 10.2 Å². The fraction of sp³-hybridized carbons (Fsp3) is 0.231. The molecule has 0 spiro atoms. The number of methoxy groups -OCH3 is 1. The molecule has 0 N–H and O–H groups in total. The summed E-state index contributed by atoms with van der Waals surface area (Å²) >= 11 is 13.4. The first-order valence-corrected chi connectivity index (χ1v) is 7.31. The van der Waals surface area contributed by atoms with Crippen molar-refractivity contribution < 1.29 is 4.74 Å². The summed E-state index contributed by atoms with van der Waals surface area (Å²) < 4.78 is 5.01. The number of aromatic nitrogens is 2. The van der Waals surface area contributed by atoms with Gasteiger partial charge in [0, 0.05) is 24.0 Å². The van der Waals surface area contributed by atoms with Crippen LogP contribution >= 0.6 is 35.0 Å². The molecule has 1 aromatic heterocycles. The SMILES string of the molecule is COCc1nc(Cl)cc(SCc2ccc(Cl)cc2)n1. The minimum atomic E-state index is 0.356. The van der Waals surface area contributed by atoms with E-state index in [-0.39, 0.29) is 0 Å². The molecule has 0 unspecified atom stereocenters. The van der Waals surface area contributed by atoms with Gasteiger partial charge in [-0.25, -0.2) is 9.97 Å². The molecule has 3 nitrogen and oxygen atoms in total. The van der Waals surface area contributed by atoms with Crippen LogP contribution in [0, 0.1) is 0 Å². The molecule has 0 bridgehead atoms. The molecule has 0 saturated heterocycles. The molecule has 0 saturated carbocycles. The summed E-state index contributed by atoms with van der Waals surface area (Å²) in [5.74, 6) is 1.39. The Balaban J connectivity index is 2.04. The van der Waals surface area contributed by atoms with Gasteiger partial charge in [0.05, 0.1) is 0 Å². The first-order chi connectivity index (χ1) is 9.17. The molecule has 0 aliphatic carbocycles. The molecule has 1 heterocycles. The molecule has 100 valence electrons. The average Bonchev–Trinajstić information content (AvgIpc) is 2.38. The minimum Gasteiger partial charge on any atom is -0.377 e. The predicted molar refractivity (Wildman–Crippen MR) is 78.8 cm³/mol. The van der Waals surface area contributed by atoms with Crippen molar-refractivity contribution >= 4 is 35.0 Å². The van der Waals surface area contributed by atoms with E-state index in [2.05, 4.69) is 9.97 Å². The van der Waals surface area contributed by atoms with Gasteiger partial charge in [0.2, 0.25) is 0 Å². The standard InChI is InChI=1S/C13H12Cl2N2OS/c1-18-7-12-16-11(15)6-13(17-12)19-8-9-2-4-10(14)5-3-9/h2-6H,7-8H2,1H3. The minimum absolute atomic E-state index is 0.356. The molecular formula is C13H12Cl2N2OS. The van der Waals surface area contributed by atoms with Crippen LogP contribution in [0.4, 0.5) is 0 Å². The topological polar surface area (TPSA) is 35.0 Å². The number of ether oxygens (including phenoxy) is 1. The maximum Gasteiger partial charge on any atom is 0.156 e. The molecule has 0 aliphatic heterocycles. The highest BCUT2D eigenvalue weighted by molar-refractivity contribution is 7.98. The molecule has 0 aliphatic rings. The number of nitrogens with zero attached hydrogens (tertiary/aromatic N) is 2. The van der Waals surface area contributed by atoms with Crippen molar-refractivity contribution in [1.82, 2.24) is 9.97 Å². The lowest BCUT2D eigenvalue weighted by atomic mass is 10.2. The third kappa shape index (κ3) is 4.66. The van der Waals surface area contributed by atoms with Crippen molar-refractivity contribution in [3.05, 3.63) is 51.9 Å². The molecule has 0 atom stereocenters. The van der Waals surface area contributed by atoms with E-state index in [1.165, 1.54) is 5.56 Å². The van der Waals surface area contributed by atoms with Gasteiger partial charge in [-0.15, -0.1) is 11.8 Å². The van der Waals surface area contributed by atoms with Gasteiger partial charge < -0.3 is 4.74 Å². The number of benzene rings is 1. The molecular weight excluding hydrogens is 303 g/mol. The Morgan fingerprint density at radius 1 is 1.16 bits per heavy atom. The molecule has 6 heteroatoms. The Labute approximate surface area is 126 Å². The predicted octanol–water partition coefficient (Wildman–Crippen LogP) is 4.22. The van der Waals surface area contributed by atoms with Gasteiger partial charge in [-0.3, -0.25) is 0 Å². The molecule has 2 aromatic rings. The molecule has 0 fully saturated rings. The Hall–Kier alpha value is -0.810. The van der Waals surface area contributed by atoms with Crippen molar-refractivity contribution in [3.63, 3.8) is 0 Å². The van der Waals surface area contributed by atoms with Gasteiger partial charge in [0.15, 0.2) is 5.82 Å². The quantitative estimate of drug-likeness (QED) is 0.611. The summed E-state index contributed by atoms with van der Waals surface area (Å²) in [4.78, 5) is 8.46. The molecule has 0 radical (unpaired) electrons. The molecule has 19 heavy (non-hydrogen) atoms. The second-order valence-corrected chi connectivity index (χ2v) is 5.61. The van der Waals surface area contributed by atoms with E-state index in [0.717, 1.165) is 15.8 Å². The highest BCUT2D eigenvalue weighted by atomic mass is 35.5. The molecule has 1 aromatic carbocycles. The fourth-order valence-corrected chi connectivity index (χ4v) is 2.71. The first-order valence-electron chi connectivity index (χ1n) is 5.57. The van der Waals surface area contributed by atoms with Crippen LogP contribution in [-0.2, 0) is 17.1 Å². The lowest BCUT2D eigenvalue weighted by molar-refractivity contribution is 0.177. The zero-order valence-corrected chi connectivity index (χ0v) is 12.6. The van der Waals surface area contributed by atoms with Crippen LogP contribution in [-0.4, -0.2) is 17.1 Å². The Morgan fingerprint density at radius 3 is 2.58 bits per heavy atom. The van der Waals surface area contributed by atoms with Gasteiger partial charge in [-0.2, -0.15) is 0 Å². The summed E-state index contributed by atoms with van der Waals surface area (Å²) in [5.41, 5.74) is 1.18. The van der Waals surface area contributed by atoms with E-state index in [0.29, 0.717) is 17.6 Å². The van der Waals surface area contributed by atoms with Crippen molar-refractivity contribution in [2.24, 2.45) is 0 Å². The maximum atomic E-state index is 5.95. The van der Waals surface area contributed by atoms with Crippen molar-refractivity contribution in [3.8, 4) is 0 Å². The fourth-order valence-electron chi connectivity index (χ4n) is 1.45. The number of halogens is 2. The monoisotopic (exact) mass is 314 g/mol. The maximum absolute atomic E-state index is 5.95. The van der Waals surface area contributed by atoms with Crippen LogP contribution in [0.25, 0.3) is 0 Å². The van der Waals surface area contributed by atoms with E-state index in [9.17, 15) is 0 Å². The van der Waals surface area contributed by atoms with Gasteiger partial charge in [0.1, 0.15) is 16.8 Å². The number of hydrogen-bond donors (Lipinski definition) is 0. The zero-order chi connectivity index (χ0) is 13.7. The first kappa shape index (κ1) is 14.6. The lowest BCUT2D eigenvalue weighted by Gasteiger charge is -2.05. The third-order valence-electron chi connectivity index (χ3n) is 2.29. The van der Waals surface area contributed by atoms with Gasteiger partial charge in [-0.05, 0) is 17.7 Å². The number of rotatable bonds is 5. The van der Waals surface area contributed by atoms with Crippen molar-refractivity contribution in [2.75, 3.05) is 7.11 Å². The summed E-state index contributed by atoms with van der Waals surface area (Å²) in [7, 11) is 1.60. The zero-order valence-electron chi connectivity index (χ0n) is 10.3. The van der Waals surface area contributed by atoms with Crippen LogP contribution in [0.5, 0.6) is 0 Å². The number of thioether (sulfide) groups is 1. The van der Waals surface area contributed by atoms with Crippen LogP contribution < -0.4 is 0 Å². The van der Waals surface area contributed by atoms with E-state index in [1.54, 1.807) is 24.9 Å². The van der Waals surface area contributed by atoms with Gasteiger partial charge in [0.25, 0.3) is 0 Å². The van der Waals surface area contributed by atoms with Crippen LogP contribution in [0.15, 0.2) is 35.4 Å². The summed E-state index contributed by atoms with van der Waals surface area (Å²) in [6.45, 7) is 0.356. The van der Waals surface area contributed by atoms with E-state index < -0.39 is 0 Å². The van der Waals surface area contributed by atoms with Crippen molar-refractivity contribution in [1.29, 1.82) is 0 Å². The highest BCUT2D eigenvalue weighted by Gasteiger charge is 2.04. The second kappa shape index (κ2) is 7.10. The van der Waals surface area contributed by atoms with Gasteiger partial charge >= 0.3 is 0 Å². The Kier molecular flexibility index (Phi) is 5.45. The highest BCUT2D eigenvalue weighted by Crippen LogP contribution is 2.23. The van der Waals surface area contributed by atoms with E-state index in [1.807, 2.05) is 24.3 Å². The van der Waals surface area contributed by atoms with Crippen LogP contribution in [0.1, 0.15) is 11.4 Å². The summed E-state index contributed by atoms with van der Waals surface area (Å²) in [6, 6.07) is 9.49.